The number of hydrogen-bond acceptors (Lipinski definition) is 7. The van der Waals surface area contributed by atoms with Crippen LogP contribution in [0.5, 0.6) is 5.75 Å². The lowest BCUT2D eigenvalue weighted by Crippen LogP contribution is -2.30. The van der Waals surface area contributed by atoms with Crippen molar-refractivity contribution in [2.75, 3.05) is 11.5 Å². The number of anilines is 1. The lowest BCUT2D eigenvalue weighted by molar-refractivity contribution is -0.117. The van der Waals surface area contributed by atoms with E-state index in [1.807, 2.05) is 37.3 Å². The highest BCUT2D eigenvalue weighted by Gasteiger charge is 2.46. The summed E-state index contributed by atoms with van der Waals surface area (Å²) < 4.78 is 11.4. The van der Waals surface area contributed by atoms with E-state index in [0.29, 0.717) is 39.4 Å². The topological polar surface area (TPSA) is 92.9 Å². The maximum Gasteiger partial charge on any atom is 0.294 e. The summed E-state index contributed by atoms with van der Waals surface area (Å²) in [7, 11) is 0. The zero-order valence-corrected chi connectivity index (χ0v) is 20.6. The van der Waals surface area contributed by atoms with E-state index in [0.717, 1.165) is 12.0 Å². The second kappa shape index (κ2) is 9.83. The molecule has 5 rings (SSSR count). The molecular formula is C28H24N2O5S. The van der Waals surface area contributed by atoms with E-state index in [1.165, 1.54) is 22.5 Å². The van der Waals surface area contributed by atoms with Crippen molar-refractivity contribution in [1.82, 2.24) is 4.98 Å². The number of aromatic nitrogens is 1. The van der Waals surface area contributed by atoms with E-state index < -0.39 is 23.5 Å². The Morgan fingerprint density at radius 1 is 1.14 bits per heavy atom. The molecule has 1 N–H and O–H groups in total. The fourth-order valence-electron chi connectivity index (χ4n) is 4.20. The molecule has 0 radical (unpaired) electrons. The summed E-state index contributed by atoms with van der Waals surface area (Å²) in [5, 5.41) is 11.7. The Balaban J connectivity index is 1.57. The molecule has 1 amide bonds. The van der Waals surface area contributed by atoms with Crippen LogP contribution in [0.1, 0.15) is 40.5 Å². The first-order valence-corrected chi connectivity index (χ1v) is 12.4. The Bertz CT molecular complexity index is 1440. The minimum atomic E-state index is -0.942. The van der Waals surface area contributed by atoms with Gasteiger partial charge in [-0.2, -0.15) is 0 Å². The monoisotopic (exact) mass is 500 g/mol. The molecule has 0 saturated carbocycles. The van der Waals surface area contributed by atoms with Gasteiger partial charge in [-0.05, 0) is 37.6 Å². The number of hydrogen-bond donors (Lipinski definition) is 1. The molecule has 2 aromatic carbocycles. The van der Waals surface area contributed by atoms with Crippen molar-refractivity contribution < 1.29 is 23.8 Å². The maximum atomic E-state index is 13.9. The van der Waals surface area contributed by atoms with Gasteiger partial charge in [-0.15, -0.1) is 11.3 Å². The molecule has 182 valence electrons. The number of benzene rings is 2. The molecule has 1 aliphatic heterocycles. The molecule has 36 heavy (non-hydrogen) atoms. The largest absolute Gasteiger partial charge is 0.503 e. The third kappa shape index (κ3) is 4.20. The third-order valence-corrected chi connectivity index (χ3v) is 7.06. The van der Waals surface area contributed by atoms with Gasteiger partial charge in [0.15, 0.2) is 5.76 Å². The summed E-state index contributed by atoms with van der Waals surface area (Å²) in [5.74, 6) is -0.792. The summed E-state index contributed by atoms with van der Waals surface area (Å²) in [4.78, 5) is 33.5. The summed E-state index contributed by atoms with van der Waals surface area (Å²) >= 11 is 1.23. The molecule has 0 spiro atoms. The smallest absolute Gasteiger partial charge is 0.294 e. The van der Waals surface area contributed by atoms with Crippen LogP contribution in [0.4, 0.5) is 5.69 Å². The van der Waals surface area contributed by atoms with E-state index in [1.54, 1.807) is 43.3 Å². The number of aliphatic hydroxyl groups is 1. The van der Waals surface area contributed by atoms with Gasteiger partial charge < -0.3 is 14.3 Å². The van der Waals surface area contributed by atoms with Gasteiger partial charge >= 0.3 is 0 Å². The number of ketones is 1. The first-order chi connectivity index (χ1) is 17.5. The predicted octanol–water partition coefficient (Wildman–Crippen LogP) is 6.28. The molecular weight excluding hydrogens is 476 g/mol. The van der Waals surface area contributed by atoms with Crippen LogP contribution in [0, 0.1) is 6.92 Å². The van der Waals surface area contributed by atoms with Crippen LogP contribution < -0.4 is 9.64 Å². The van der Waals surface area contributed by atoms with Crippen LogP contribution in [-0.2, 0) is 4.79 Å². The Kier molecular flexibility index (Phi) is 6.43. The standard InChI is InChI=1S/C28H24N2O5S/c1-3-14-34-20-12-7-11-19(16-20)30-23(21-13-8-15-35-21)22(25(32)28(30)33)24(31)26-17(2)29-27(36-26)18-9-5-4-6-10-18/h4-13,15-16,23,32H,3,14H2,1-2H3. The van der Waals surface area contributed by atoms with Crippen LogP contribution in [0.15, 0.2) is 88.7 Å². The Morgan fingerprint density at radius 3 is 2.67 bits per heavy atom. The van der Waals surface area contributed by atoms with Gasteiger partial charge in [-0.25, -0.2) is 4.98 Å². The minimum Gasteiger partial charge on any atom is -0.503 e. The van der Waals surface area contributed by atoms with Crippen molar-refractivity contribution in [3.63, 3.8) is 0 Å². The fraction of sp³-hybridized carbons (Fsp3) is 0.179. The second-order valence-electron chi connectivity index (χ2n) is 8.33. The first-order valence-electron chi connectivity index (χ1n) is 11.6. The first kappa shape index (κ1) is 23.6. The number of ether oxygens (including phenoxy) is 1. The number of thiazole rings is 1. The number of carbonyl (C=O) groups excluding carboxylic acids is 2. The summed E-state index contributed by atoms with van der Waals surface area (Å²) in [6.45, 7) is 4.28. The summed E-state index contributed by atoms with van der Waals surface area (Å²) in [6, 6.07) is 19.0. The van der Waals surface area contributed by atoms with E-state index in [-0.39, 0.29) is 5.57 Å². The van der Waals surface area contributed by atoms with Crippen molar-refractivity contribution in [2.24, 2.45) is 0 Å². The van der Waals surface area contributed by atoms with Crippen LogP contribution >= 0.6 is 11.3 Å². The zero-order chi connectivity index (χ0) is 25.2. The second-order valence-corrected chi connectivity index (χ2v) is 9.33. The van der Waals surface area contributed by atoms with Crippen molar-refractivity contribution in [3.8, 4) is 16.3 Å². The van der Waals surface area contributed by atoms with Crippen molar-refractivity contribution in [1.29, 1.82) is 0 Å². The van der Waals surface area contributed by atoms with Gasteiger partial charge in [0.2, 0.25) is 5.78 Å². The quantitative estimate of drug-likeness (QED) is 0.286. The fourth-order valence-corrected chi connectivity index (χ4v) is 5.22. The van der Waals surface area contributed by atoms with Crippen LogP contribution in [-0.4, -0.2) is 28.4 Å². The number of furan rings is 1. The van der Waals surface area contributed by atoms with E-state index in [9.17, 15) is 14.7 Å². The van der Waals surface area contributed by atoms with Gasteiger partial charge in [-0.1, -0.05) is 43.3 Å². The number of nitrogens with zero attached hydrogens (tertiary/aromatic N) is 2. The summed E-state index contributed by atoms with van der Waals surface area (Å²) in [5.41, 5.74) is 1.86. The number of aliphatic hydroxyl groups excluding tert-OH is 1. The van der Waals surface area contributed by atoms with Crippen molar-refractivity contribution >= 4 is 28.7 Å². The normalized spacial score (nSPS) is 15.6. The highest BCUT2D eigenvalue weighted by atomic mass is 32.1. The average molecular weight is 501 g/mol. The Labute approximate surface area is 212 Å². The highest BCUT2D eigenvalue weighted by Crippen LogP contribution is 2.44. The predicted molar refractivity (Wildman–Crippen MR) is 137 cm³/mol. The van der Waals surface area contributed by atoms with Gasteiger partial charge in [0.05, 0.1) is 29.0 Å². The highest BCUT2D eigenvalue weighted by molar-refractivity contribution is 7.17. The molecule has 2 aromatic heterocycles. The third-order valence-electron chi connectivity index (χ3n) is 5.86. The van der Waals surface area contributed by atoms with Crippen LogP contribution in [0.3, 0.4) is 0 Å². The van der Waals surface area contributed by atoms with Gasteiger partial charge in [-0.3, -0.25) is 14.5 Å². The zero-order valence-electron chi connectivity index (χ0n) is 19.8. The van der Waals surface area contributed by atoms with Crippen LogP contribution in [0.2, 0.25) is 0 Å². The SMILES string of the molecule is CCCOc1cccc(N2C(=O)C(O)=C(C(=O)c3sc(-c4ccccc4)nc3C)C2c2ccco2)c1. The number of carbonyl (C=O) groups is 2. The molecule has 1 unspecified atom stereocenters. The van der Waals surface area contributed by atoms with Gasteiger partial charge in [0.25, 0.3) is 5.91 Å². The minimum absolute atomic E-state index is 0.0406. The lowest BCUT2D eigenvalue weighted by Gasteiger charge is -2.25. The Hall–Kier alpha value is -4.17. The van der Waals surface area contributed by atoms with Crippen LogP contribution in [0.25, 0.3) is 10.6 Å². The van der Waals surface area contributed by atoms with E-state index in [2.05, 4.69) is 4.98 Å². The molecule has 1 aliphatic rings. The molecule has 0 fully saturated rings. The number of Topliss-reactive ketones (excluding diaryl/α,β-unsaturated/α-hetero) is 1. The van der Waals surface area contributed by atoms with Crippen molar-refractivity contribution in [2.45, 2.75) is 26.3 Å². The molecule has 8 heteroatoms. The number of amides is 1. The molecule has 4 aromatic rings. The molecule has 0 saturated heterocycles. The maximum absolute atomic E-state index is 13.9. The van der Waals surface area contributed by atoms with Gasteiger partial charge in [0, 0.05) is 17.3 Å². The van der Waals surface area contributed by atoms with E-state index in [4.69, 9.17) is 9.15 Å². The molecule has 1 atom stereocenters. The van der Waals surface area contributed by atoms with Crippen molar-refractivity contribution in [3.05, 3.63) is 101 Å². The molecule has 0 bridgehead atoms. The van der Waals surface area contributed by atoms with E-state index >= 15 is 0 Å². The molecule has 7 nitrogen and oxygen atoms in total. The molecule has 0 aliphatic carbocycles. The van der Waals surface area contributed by atoms with Gasteiger partial charge in [0.1, 0.15) is 22.6 Å². The number of rotatable bonds is 8. The lowest BCUT2D eigenvalue weighted by atomic mass is 9.99. The molecule has 3 heterocycles. The average Bonchev–Trinajstić information content (AvgIpc) is 3.62. The summed E-state index contributed by atoms with van der Waals surface area (Å²) in [6.07, 6.45) is 2.31. The Morgan fingerprint density at radius 2 is 1.94 bits per heavy atom. The number of aryl methyl sites for hydroxylation is 1.